The second-order valence-corrected chi connectivity index (χ2v) is 7.05. The average Bonchev–Trinajstić information content (AvgIpc) is 2.74. The minimum Gasteiger partial charge on any atom is -0.497 e. The number of ether oxygens (including phenoxy) is 1. The quantitative estimate of drug-likeness (QED) is 0.752. The number of fused-ring (bicyclic) bond motifs is 1. The van der Waals surface area contributed by atoms with Gasteiger partial charge in [0.2, 0.25) is 5.91 Å². The number of hydrogen-bond donors (Lipinski definition) is 1. The first kappa shape index (κ1) is 18.2. The first-order valence-electron chi connectivity index (χ1n) is 9.41. The second kappa shape index (κ2) is 7.80. The summed E-state index contributed by atoms with van der Waals surface area (Å²) in [5, 5.41) is 3.07. The van der Waals surface area contributed by atoms with E-state index in [1.54, 1.807) is 19.5 Å². The zero-order chi connectivity index (χ0) is 19.5. The highest BCUT2D eigenvalue weighted by molar-refractivity contribution is 5.94. The maximum Gasteiger partial charge on any atom is 0.229 e. The summed E-state index contributed by atoms with van der Waals surface area (Å²) in [5.41, 5.74) is 4.18. The number of carbonyl (C=O) groups is 1. The number of aryl methyl sites for hydroxylation is 1. The van der Waals surface area contributed by atoms with E-state index in [1.807, 2.05) is 37.4 Å². The van der Waals surface area contributed by atoms with E-state index >= 15 is 0 Å². The molecule has 0 spiro atoms. The molecule has 0 aliphatic carbocycles. The molecule has 0 radical (unpaired) electrons. The molecule has 3 aromatic rings. The lowest BCUT2D eigenvalue weighted by atomic mass is 9.96. The average molecular weight is 377 g/mol. The molecule has 144 valence electrons. The maximum atomic E-state index is 12.9. The second-order valence-electron chi connectivity index (χ2n) is 7.05. The molecule has 0 unspecified atom stereocenters. The highest BCUT2D eigenvalue weighted by Gasteiger charge is 2.26. The van der Waals surface area contributed by atoms with Crippen molar-refractivity contribution in [2.75, 3.05) is 30.4 Å². The standard InChI is InChI=1S/C21H23N5O2/c1-14-10-17(28-2)5-6-18(14)25-21(27)15-4-3-9-26(13-15)16-11-19-20(24-12-16)23-8-7-22-19/h5-8,10-12,15H,3-4,9,13H2,1-2H3,(H,25,27)/t15-/m1/s1. The number of hydrogen-bond acceptors (Lipinski definition) is 6. The lowest BCUT2D eigenvalue weighted by Crippen LogP contribution is -2.40. The Balaban J connectivity index is 1.47. The van der Waals surface area contributed by atoms with E-state index in [9.17, 15) is 4.79 Å². The van der Waals surface area contributed by atoms with Gasteiger partial charge in [-0.25, -0.2) is 9.97 Å². The molecule has 2 aromatic heterocycles. The number of piperidine rings is 1. The van der Waals surface area contributed by atoms with Gasteiger partial charge in [-0.3, -0.25) is 9.78 Å². The van der Waals surface area contributed by atoms with Gasteiger partial charge in [-0.1, -0.05) is 0 Å². The molecule has 1 atom stereocenters. The number of rotatable bonds is 4. The van der Waals surface area contributed by atoms with Gasteiger partial charge >= 0.3 is 0 Å². The number of benzene rings is 1. The summed E-state index contributed by atoms with van der Waals surface area (Å²) in [5.74, 6) is 0.755. The Morgan fingerprint density at radius 3 is 2.89 bits per heavy atom. The van der Waals surface area contributed by atoms with E-state index < -0.39 is 0 Å². The molecule has 7 heteroatoms. The fourth-order valence-electron chi connectivity index (χ4n) is 3.58. The van der Waals surface area contributed by atoms with Crippen molar-refractivity contribution in [1.29, 1.82) is 0 Å². The van der Waals surface area contributed by atoms with Crippen LogP contribution in [0.25, 0.3) is 11.2 Å². The highest BCUT2D eigenvalue weighted by atomic mass is 16.5. The van der Waals surface area contributed by atoms with Gasteiger partial charge in [0, 0.05) is 31.2 Å². The number of pyridine rings is 1. The molecule has 1 aromatic carbocycles. The zero-order valence-electron chi connectivity index (χ0n) is 16.1. The summed E-state index contributed by atoms with van der Waals surface area (Å²) in [7, 11) is 1.64. The fraction of sp³-hybridized carbons (Fsp3) is 0.333. The van der Waals surface area contributed by atoms with Crippen LogP contribution in [0.2, 0.25) is 0 Å². The molecule has 0 bridgehead atoms. The van der Waals surface area contributed by atoms with Crippen molar-refractivity contribution in [2.45, 2.75) is 19.8 Å². The monoisotopic (exact) mass is 377 g/mol. The minimum atomic E-state index is -0.0761. The third-order valence-electron chi connectivity index (χ3n) is 5.16. The van der Waals surface area contributed by atoms with Gasteiger partial charge in [0.1, 0.15) is 11.3 Å². The summed E-state index contributed by atoms with van der Waals surface area (Å²) in [6.07, 6.45) is 6.94. The Morgan fingerprint density at radius 1 is 1.21 bits per heavy atom. The summed E-state index contributed by atoms with van der Waals surface area (Å²) in [6, 6.07) is 7.66. The van der Waals surface area contributed by atoms with Crippen LogP contribution in [-0.2, 0) is 4.79 Å². The van der Waals surface area contributed by atoms with E-state index in [4.69, 9.17) is 4.74 Å². The first-order chi connectivity index (χ1) is 13.6. The predicted octanol–water partition coefficient (Wildman–Crippen LogP) is 3.20. The lowest BCUT2D eigenvalue weighted by Gasteiger charge is -2.33. The molecule has 1 saturated heterocycles. The SMILES string of the molecule is COc1ccc(NC(=O)[C@@H]2CCCN(c3cnc4nccnc4c3)C2)c(C)c1. The van der Waals surface area contributed by atoms with Gasteiger partial charge in [-0.05, 0) is 49.6 Å². The number of carbonyl (C=O) groups excluding carboxylic acids is 1. The Bertz CT molecular complexity index is 1010. The molecular weight excluding hydrogens is 354 g/mol. The topological polar surface area (TPSA) is 80.2 Å². The van der Waals surface area contributed by atoms with Crippen molar-refractivity contribution < 1.29 is 9.53 Å². The van der Waals surface area contributed by atoms with Gasteiger partial charge in [0.15, 0.2) is 5.65 Å². The van der Waals surface area contributed by atoms with E-state index in [2.05, 4.69) is 25.2 Å². The molecule has 0 saturated carbocycles. The number of amides is 1. The van der Waals surface area contributed by atoms with Crippen LogP contribution in [0.5, 0.6) is 5.75 Å². The van der Waals surface area contributed by atoms with Crippen molar-refractivity contribution in [2.24, 2.45) is 5.92 Å². The largest absolute Gasteiger partial charge is 0.497 e. The van der Waals surface area contributed by atoms with Crippen LogP contribution in [0.1, 0.15) is 18.4 Å². The normalized spacial score (nSPS) is 16.8. The summed E-state index contributed by atoms with van der Waals surface area (Å²) < 4.78 is 5.23. The number of nitrogens with one attached hydrogen (secondary N) is 1. The number of methoxy groups -OCH3 is 1. The van der Waals surface area contributed by atoms with Gasteiger partial charge in [-0.2, -0.15) is 0 Å². The smallest absolute Gasteiger partial charge is 0.229 e. The maximum absolute atomic E-state index is 12.9. The van der Waals surface area contributed by atoms with Crippen LogP contribution in [0, 0.1) is 12.8 Å². The highest BCUT2D eigenvalue weighted by Crippen LogP contribution is 2.26. The molecule has 7 nitrogen and oxygen atoms in total. The first-order valence-corrected chi connectivity index (χ1v) is 9.41. The van der Waals surface area contributed by atoms with Crippen molar-refractivity contribution in [3.05, 3.63) is 48.4 Å². The van der Waals surface area contributed by atoms with E-state index in [-0.39, 0.29) is 11.8 Å². The molecule has 1 fully saturated rings. The molecule has 1 aliphatic rings. The van der Waals surface area contributed by atoms with Gasteiger partial charge in [0.05, 0.1) is 24.9 Å². The molecular formula is C21H23N5O2. The van der Waals surface area contributed by atoms with E-state index in [1.165, 1.54) is 0 Å². The van der Waals surface area contributed by atoms with E-state index in [0.717, 1.165) is 47.6 Å². The van der Waals surface area contributed by atoms with Gasteiger partial charge in [0.25, 0.3) is 0 Å². The molecule has 1 aliphatic heterocycles. The molecule has 3 heterocycles. The third kappa shape index (κ3) is 3.74. The van der Waals surface area contributed by atoms with Crippen LogP contribution < -0.4 is 15.0 Å². The van der Waals surface area contributed by atoms with Crippen molar-refractivity contribution in [3.8, 4) is 5.75 Å². The lowest BCUT2D eigenvalue weighted by molar-refractivity contribution is -0.120. The third-order valence-corrected chi connectivity index (χ3v) is 5.16. The van der Waals surface area contributed by atoms with Crippen molar-refractivity contribution >= 4 is 28.4 Å². The predicted molar refractivity (Wildman–Crippen MR) is 109 cm³/mol. The molecule has 1 amide bonds. The fourth-order valence-corrected chi connectivity index (χ4v) is 3.58. The van der Waals surface area contributed by atoms with Crippen molar-refractivity contribution in [1.82, 2.24) is 15.0 Å². The summed E-state index contributed by atoms with van der Waals surface area (Å²) in [4.78, 5) is 28.0. The van der Waals surface area contributed by atoms with Gasteiger partial charge in [-0.15, -0.1) is 0 Å². The number of nitrogens with zero attached hydrogens (tertiary/aromatic N) is 4. The van der Waals surface area contributed by atoms with Gasteiger partial charge < -0.3 is 15.0 Å². The Morgan fingerprint density at radius 2 is 2.07 bits per heavy atom. The van der Waals surface area contributed by atoms with E-state index in [0.29, 0.717) is 12.2 Å². The van der Waals surface area contributed by atoms with Crippen LogP contribution in [-0.4, -0.2) is 41.1 Å². The Labute approximate surface area is 163 Å². The minimum absolute atomic E-state index is 0.0477. The van der Waals surface area contributed by atoms with Crippen molar-refractivity contribution in [3.63, 3.8) is 0 Å². The molecule has 1 N–H and O–H groups in total. The number of anilines is 2. The summed E-state index contributed by atoms with van der Waals surface area (Å²) in [6.45, 7) is 3.53. The zero-order valence-corrected chi connectivity index (χ0v) is 16.1. The van der Waals surface area contributed by atoms with Crippen LogP contribution in [0.3, 0.4) is 0 Å². The molecule has 4 rings (SSSR count). The van der Waals surface area contributed by atoms with Crippen LogP contribution in [0.15, 0.2) is 42.9 Å². The Hall–Kier alpha value is -3.22. The van der Waals surface area contributed by atoms with Crippen LogP contribution >= 0.6 is 0 Å². The van der Waals surface area contributed by atoms with Crippen LogP contribution in [0.4, 0.5) is 11.4 Å². The summed E-state index contributed by atoms with van der Waals surface area (Å²) >= 11 is 0. The number of aromatic nitrogens is 3. The Kier molecular flexibility index (Phi) is 5.06. The molecule has 28 heavy (non-hydrogen) atoms.